The molecule has 3 aliphatic rings. The minimum absolute atomic E-state index is 0.0740. The van der Waals surface area contributed by atoms with Crippen molar-refractivity contribution in [3.05, 3.63) is 23.3 Å². The summed E-state index contributed by atoms with van der Waals surface area (Å²) in [5.41, 5.74) is 3.13. The Kier molecular flexibility index (Phi) is 3.01. The standard InChI is InChI=1S/C14H22O/c1-4-6-7-15-14-9-12(5-2)8-13(10-14)11(14)3/h8-9,11H,4-7,10H2,1-3H3. The quantitative estimate of drug-likeness (QED) is 0.621. The lowest BCUT2D eigenvalue weighted by molar-refractivity contribution is -0.0743. The second-order valence-corrected chi connectivity index (χ2v) is 4.85. The van der Waals surface area contributed by atoms with Gasteiger partial charge in [-0.1, -0.05) is 38.8 Å². The zero-order valence-corrected chi connectivity index (χ0v) is 10.2. The molecule has 0 heterocycles. The van der Waals surface area contributed by atoms with Crippen molar-refractivity contribution in [3.63, 3.8) is 0 Å². The summed E-state index contributed by atoms with van der Waals surface area (Å²) in [4.78, 5) is 0. The maximum absolute atomic E-state index is 6.10. The van der Waals surface area contributed by atoms with Crippen molar-refractivity contribution >= 4 is 0 Å². The van der Waals surface area contributed by atoms with Gasteiger partial charge in [0.25, 0.3) is 0 Å². The SMILES string of the molecule is CCCCOC12C=C(CC)C=C(C1)C2C. The monoisotopic (exact) mass is 206 g/mol. The fraction of sp³-hybridized carbons (Fsp3) is 0.714. The lowest BCUT2D eigenvalue weighted by atomic mass is 9.61. The molecule has 15 heavy (non-hydrogen) atoms. The topological polar surface area (TPSA) is 9.23 Å². The lowest BCUT2D eigenvalue weighted by Gasteiger charge is -2.51. The van der Waals surface area contributed by atoms with Gasteiger partial charge in [-0.2, -0.15) is 0 Å². The Bertz CT molecular complexity index is 300. The van der Waals surface area contributed by atoms with E-state index in [0.717, 1.165) is 19.4 Å². The van der Waals surface area contributed by atoms with E-state index < -0.39 is 0 Å². The van der Waals surface area contributed by atoms with Crippen LogP contribution in [0.5, 0.6) is 0 Å². The van der Waals surface area contributed by atoms with Crippen LogP contribution in [0, 0.1) is 5.92 Å². The number of rotatable bonds is 5. The van der Waals surface area contributed by atoms with Crippen molar-refractivity contribution in [2.75, 3.05) is 6.61 Å². The van der Waals surface area contributed by atoms with Gasteiger partial charge in [-0.05, 0) is 24.5 Å². The van der Waals surface area contributed by atoms with Gasteiger partial charge in [0.15, 0.2) is 0 Å². The van der Waals surface area contributed by atoms with Gasteiger partial charge in [-0.15, -0.1) is 0 Å². The fourth-order valence-corrected chi connectivity index (χ4v) is 2.58. The summed E-state index contributed by atoms with van der Waals surface area (Å²) >= 11 is 0. The molecule has 2 unspecified atom stereocenters. The Labute approximate surface area is 93.2 Å². The predicted molar refractivity (Wildman–Crippen MR) is 63.8 cm³/mol. The average molecular weight is 206 g/mol. The molecule has 1 heteroatoms. The van der Waals surface area contributed by atoms with E-state index in [4.69, 9.17) is 4.74 Å². The molecule has 3 rings (SSSR count). The third-order valence-electron chi connectivity index (χ3n) is 3.85. The van der Waals surface area contributed by atoms with E-state index in [1.807, 2.05) is 0 Å². The highest BCUT2D eigenvalue weighted by molar-refractivity contribution is 5.44. The highest BCUT2D eigenvalue weighted by Gasteiger charge is 2.49. The Morgan fingerprint density at radius 2 is 2.27 bits per heavy atom. The molecule has 3 aliphatic carbocycles. The zero-order valence-electron chi connectivity index (χ0n) is 10.2. The first-order chi connectivity index (χ1) is 7.22. The van der Waals surface area contributed by atoms with Gasteiger partial charge in [0, 0.05) is 18.9 Å². The van der Waals surface area contributed by atoms with Crippen molar-refractivity contribution in [1.29, 1.82) is 0 Å². The van der Waals surface area contributed by atoms with Gasteiger partial charge in [-0.3, -0.25) is 0 Å². The number of unbranched alkanes of at least 4 members (excludes halogenated alkanes) is 1. The molecule has 0 spiro atoms. The molecular weight excluding hydrogens is 184 g/mol. The molecule has 0 aromatic rings. The highest BCUT2D eigenvalue weighted by Crippen LogP contribution is 2.51. The minimum atomic E-state index is 0.0740. The van der Waals surface area contributed by atoms with Crippen LogP contribution in [-0.4, -0.2) is 12.2 Å². The van der Waals surface area contributed by atoms with Crippen molar-refractivity contribution in [2.45, 2.75) is 52.1 Å². The van der Waals surface area contributed by atoms with E-state index in [0.29, 0.717) is 5.92 Å². The maximum Gasteiger partial charge on any atom is 0.0967 e. The summed E-state index contributed by atoms with van der Waals surface area (Å²) in [6.07, 6.45) is 9.42. The normalized spacial score (nSPS) is 33.1. The summed E-state index contributed by atoms with van der Waals surface area (Å²) < 4.78 is 6.10. The van der Waals surface area contributed by atoms with Gasteiger partial charge in [-0.25, -0.2) is 0 Å². The second-order valence-electron chi connectivity index (χ2n) is 4.85. The van der Waals surface area contributed by atoms with Crippen LogP contribution >= 0.6 is 0 Å². The summed E-state index contributed by atoms with van der Waals surface area (Å²) in [5, 5.41) is 0. The van der Waals surface area contributed by atoms with E-state index in [1.54, 1.807) is 5.57 Å². The van der Waals surface area contributed by atoms with Crippen LogP contribution in [0.1, 0.15) is 46.5 Å². The molecule has 1 nitrogen and oxygen atoms in total. The summed E-state index contributed by atoms with van der Waals surface area (Å²) in [7, 11) is 0. The molecular formula is C14H22O. The molecule has 0 aromatic heterocycles. The van der Waals surface area contributed by atoms with Crippen LogP contribution in [0.3, 0.4) is 0 Å². The Morgan fingerprint density at radius 3 is 2.87 bits per heavy atom. The van der Waals surface area contributed by atoms with E-state index in [-0.39, 0.29) is 5.60 Å². The van der Waals surface area contributed by atoms with Crippen molar-refractivity contribution in [2.24, 2.45) is 5.92 Å². The molecule has 0 N–H and O–H groups in total. The molecule has 0 amide bonds. The maximum atomic E-state index is 6.10. The molecule has 1 saturated carbocycles. The Morgan fingerprint density at radius 1 is 1.47 bits per heavy atom. The fourth-order valence-electron chi connectivity index (χ4n) is 2.58. The first-order valence-corrected chi connectivity index (χ1v) is 6.28. The van der Waals surface area contributed by atoms with Gasteiger partial charge in [0.1, 0.15) is 0 Å². The largest absolute Gasteiger partial charge is 0.370 e. The number of hydrogen-bond donors (Lipinski definition) is 0. The summed E-state index contributed by atoms with van der Waals surface area (Å²) in [6.45, 7) is 7.65. The van der Waals surface area contributed by atoms with Gasteiger partial charge in [0.05, 0.1) is 5.60 Å². The predicted octanol–water partition coefficient (Wildman–Crippen LogP) is 3.86. The first-order valence-electron chi connectivity index (χ1n) is 6.28. The summed E-state index contributed by atoms with van der Waals surface area (Å²) in [6, 6.07) is 0. The molecule has 2 bridgehead atoms. The van der Waals surface area contributed by atoms with Gasteiger partial charge >= 0.3 is 0 Å². The van der Waals surface area contributed by atoms with Crippen LogP contribution in [0.15, 0.2) is 23.3 Å². The number of hydrogen-bond acceptors (Lipinski definition) is 1. The van der Waals surface area contributed by atoms with Crippen molar-refractivity contribution < 1.29 is 4.74 Å². The zero-order chi connectivity index (χ0) is 10.9. The smallest absolute Gasteiger partial charge is 0.0967 e. The van der Waals surface area contributed by atoms with E-state index >= 15 is 0 Å². The van der Waals surface area contributed by atoms with E-state index in [1.165, 1.54) is 18.4 Å². The Hall–Kier alpha value is -0.560. The van der Waals surface area contributed by atoms with Crippen LogP contribution in [0.25, 0.3) is 0 Å². The molecule has 0 aromatic carbocycles. The van der Waals surface area contributed by atoms with Gasteiger partial charge in [0.2, 0.25) is 0 Å². The van der Waals surface area contributed by atoms with Crippen molar-refractivity contribution in [3.8, 4) is 0 Å². The van der Waals surface area contributed by atoms with Gasteiger partial charge < -0.3 is 4.74 Å². The Balaban J connectivity index is 2.02. The number of allylic oxidation sites excluding steroid dienone is 2. The van der Waals surface area contributed by atoms with Crippen molar-refractivity contribution in [1.82, 2.24) is 0 Å². The number of fused-ring (bicyclic) bond motifs is 1. The average Bonchev–Trinajstić information content (AvgIpc) is 2.28. The van der Waals surface area contributed by atoms with Crippen LogP contribution in [0.2, 0.25) is 0 Å². The van der Waals surface area contributed by atoms with Crippen LogP contribution < -0.4 is 0 Å². The third-order valence-corrected chi connectivity index (χ3v) is 3.85. The summed E-state index contributed by atoms with van der Waals surface area (Å²) in [5.74, 6) is 0.615. The molecule has 0 saturated heterocycles. The lowest BCUT2D eigenvalue weighted by Crippen LogP contribution is -2.50. The highest BCUT2D eigenvalue weighted by atomic mass is 16.5. The first kappa shape index (κ1) is 10.9. The molecule has 0 aliphatic heterocycles. The molecule has 1 fully saturated rings. The molecule has 2 atom stereocenters. The molecule has 0 radical (unpaired) electrons. The molecule has 84 valence electrons. The second kappa shape index (κ2) is 4.13. The minimum Gasteiger partial charge on any atom is -0.370 e. The van der Waals surface area contributed by atoms with E-state index in [2.05, 4.69) is 32.9 Å². The van der Waals surface area contributed by atoms with Crippen LogP contribution in [0.4, 0.5) is 0 Å². The van der Waals surface area contributed by atoms with Crippen LogP contribution in [-0.2, 0) is 4.74 Å². The van der Waals surface area contributed by atoms with E-state index in [9.17, 15) is 0 Å². The number of ether oxygens (including phenoxy) is 1. The third kappa shape index (κ3) is 1.78.